The maximum Gasteiger partial charge on any atom is 0.235 e. The minimum Gasteiger partial charge on any atom is -0.355 e. The molecule has 0 fully saturated rings. The predicted octanol–water partition coefficient (Wildman–Crippen LogP) is 2.48. The molecule has 5 nitrogen and oxygen atoms in total. The Morgan fingerprint density at radius 3 is 2.37 bits per heavy atom. The van der Waals surface area contributed by atoms with Crippen molar-refractivity contribution in [2.24, 2.45) is 0 Å². The van der Waals surface area contributed by atoms with E-state index < -0.39 is 21.7 Å². The van der Waals surface area contributed by atoms with Gasteiger partial charge in [-0.3, -0.25) is 4.79 Å². The first-order chi connectivity index (χ1) is 12.8. The normalized spacial score (nSPS) is 11.6. The topological polar surface area (TPSA) is 66.5 Å². The Bertz CT molecular complexity index is 871. The minimum absolute atomic E-state index is 0.201. The van der Waals surface area contributed by atoms with Crippen LogP contribution in [-0.2, 0) is 27.8 Å². The van der Waals surface area contributed by atoms with Gasteiger partial charge in [-0.1, -0.05) is 30.3 Å². The molecule has 1 amide bonds. The van der Waals surface area contributed by atoms with Crippen molar-refractivity contribution < 1.29 is 22.0 Å². The van der Waals surface area contributed by atoms with Crippen molar-refractivity contribution in [2.75, 3.05) is 19.3 Å². The number of benzene rings is 2. The molecule has 0 heterocycles. The Morgan fingerprint density at radius 2 is 1.74 bits per heavy atom. The van der Waals surface area contributed by atoms with Crippen LogP contribution in [0.25, 0.3) is 0 Å². The van der Waals surface area contributed by atoms with Gasteiger partial charge in [-0.05, 0) is 36.6 Å². The molecule has 1 N–H and O–H groups in total. The summed E-state index contributed by atoms with van der Waals surface area (Å²) in [4.78, 5) is 12.1. The molecule has 0 aliphatic rings. The largest absolute Gasteiger partial charge is 0.355 e. The number of hydrogen-bond acceptors (Lipinski definition) is 3. The third-order valence-electron chi connectivity index (χ3n) is 3.97. The van der Waals surface area contributed by atoms with Gasteiger partial charge < -0.3 is 5.32 Å². The summed E-state index contributed by atoms with van der Waals surface area (Å²) in [5.41, 5.74) is 1.15. The Balaban J connectivity index is 1.85. The molecule has 0 aliphatic carbocycles. The molecule has 0 unspecified atom stereocenters. The second-order valence-corrected chi connectivity index (χ2v) is 8.18. The van der Waals surface area contributed by atoms with Crippen molar-refractivity contribution in [2.45, 2.75) is 19.4 Å². The van der Waals surface area contributed by atoms with E-state index in [1.807, 2.05) is 0 Å². The first kappa shape index (κ1) is 21.0. The van der Waals surface area contributed by atoms with E-state index in [2.05, 4.69) is 5.32 Å². The van der Waals surface area contributed by atoms with E-state index in [4.69, 9.17) is 0 Å². The zero-order chi connectivity index (χ0) is 19.9. The van der Waals surface area contributed by atoms with Gasteiger partial charge in [0.25, 0.3) is 0 Å². The summed E-state index contributed by atoms with van der Waals surface area (Å²) >= 11 is 0. The van der Waals surface area contributed by atoms with Gasteiger partial charge in [0, 0.05) is 18.7 Å². The zero-order valence-electron chi connectivity index (χ0n) is 15.0. The fraction of sp³-hybridized carbons (Fsp3) is 0.316. The molecule has 27 heavy (non-hydrogen) atoms. The van der Waals surface area contributed by atoms with E-state index in [0.717, 1.165) is 16.1 Å². The maximum absolute atomic E-state index is 13.8. The number of carbonyl (C=O) groups is 1. The van der Waals surface area contributed by atoms with E-state index in [1.54, 1.807) is 18.2 Å². The lowest BCUT2D eigenvalue weighted by molar-refractivity contribution is -0.121. The Morgan fingerprint density at radius 1 is 1.07 bits per heavy atom. The van der Waals surface area contributed by atoms with Crippen LogP contribution in [0.15, 0.2) is 48.5 Å². The molecule has 2 rings (SSSR count). The van der Waals surface area contributed by atoms with Crippen molar-refractivity contribution in [3.8, 4) is 0 Å². The van der Waals surface area contributed by atoms with E-state index >= 15 is 0 Å². The number of nitrogens with one attached hydrogen (secondary N) is 1. The first-order valence-corrected chi connectivity index (χ1v) is 10.3. The number of hydrogen-bond donors (Lipinski definition) is 1. The van der Waals surface area contributed by atoms with E-state index in [0.29, 0.717) is 19.4 Å². The van der Waals surface area contributed by atoms with Gasteiger partial charge >= 0.3 is 0 Å². The van der Waals surface area contributed by atoms with Crippen molar-refractivity contribution in [3.63, 3.8) is 0 Å². The van der Waals surface area contributed by atoms with Crippen LogP contribution in [0.5, 0.6) is 0 Å². The minimum atomic E-state index is -3.68. The molecule has 0 radical (unpaired) electrons. The highest BCUT2D eigenvalue weighted by atomic mass is 32.2. The molecular formula is C19H22F2N2O3S. The summed E-state index contributed by atoms with van der Waals surface area (Å²) in [6, 6.07) is 11.9. The van der Waals surface area contributed by atoms with Crippen molar-refractivity contribution in [3.05, 3.63) is 71.3 Å². The first-order valence-electron chi connectivity index (χ1n) is 8.45. The third-order valence-corrected chi connectivity index (χ3v) is 5.17. The molecule has 146 valence electrons. The zero-order valence-corrected chi connectivity index (χ0v) is 15.8. The molecule has 0 saturated heterocycles. The van der Waals surface area contributed by atoms with Crippen LogP contribution in [0.2, 0.25) is 0 Å². The average Bonchev–Trinajstić information content (AvgIpc) is 2.60. The second kappa shape index (κ2) is 9.57. The summed E-state index contributed by atoms with van der Waals surface area (Å²) in [6.45, 7) is -0.244. The summed E-state index contributed by atoms with van der Waals surface area (Å²) < 4.78 is 51.4. The molecular weight excluding hydrogens is 374 g/mol. The summed E-state index contributed by atoms with van der Waals surface area (Å²) in [7, 11) is -3.68. The van der Waals surface area contributed by atoms with Gasteiger partial charge in [0.2, 0.25) is 15.9 Å². The Labute approximate surface area is 158 Å². The summed E-state index contributed by atoms with van der Waals surface area (Å²) in [5, 5.41) is 2.65. The van der Waals surface area contributed by atoms with Crippen LogP contribution in [0.4, 0.5) is 8.78 Å². The highest BCUT2D eigenvalue weighted by Crippen LogP contribution is 2.12. The molecule has 0 saturated carbocycles. The summed E-state index contributed by atoms with van der Waals surface area (Å²) in [5.74, 6) is -1.29. The molecule has 0 bridgehead atoms. The number of rotatable bonds is 9. The van der Waals surface area contributed by atoms with Gasteiger partial charge in [0.05, 0.1) is 12.8 Å². The standard InChI is InChI=1S/C19H22F2N2O3S/c1-27(25,26)23(13-16-6-2-3-7-18(16)21)14-19(24)22-12-4-5-15-8-10-17(20)11-9-15/h2-3,6-11H,4-5,12-14H2,1H3,(H,22,24). The van der Waals surface area contributed by atoms with Crippen molar-refractivity contribution in [1.82, 2.24) is 9.62 Å². The highest BCUT2D eigenvalue weighted by molar-refractivity contribution is 7.88. The Kier molecular flexibility index (Phi) is 7.44. The van der Waals surface area contributed by atoms with Gasteiger partial charge in [-0.15, -0.1) is 0 Å². The van der Waals surface area contributed by atoms with E-state index in [1.165, 1.54) is 30.3 Å². The quantitative estimate of drug-likeness (QED) is 0.663. The summed E-state index contributed by atoms with van der Waals surface area (Å²) in [6.07, 6.45) is 2.27. The number of carbonyl (C=O) groups excluding carboxylic acids is 1. The molecule has 0 atom stereocenters. The number of halogens is 2. The van der Waals surface area contributed by atoms with Crippen LogP contribution >= 0.6 is 0 Å². The van der Waals surface area contributed by atoms with E-state index in [9.17, 15) is 22.0 Å². The van der Waals surface area contributed by atoms with Gasteiger partial charge in [0.15, 0.2) is 0 Å². The lowest BCUT2D eigenvalue weighted by Crippen LogP contribution is -2.40. The Hall–Kier alpha value is -2.32. The van der Waals surface area contributed by atoms with E-state index in [-0.39, 0.29) is 24.5 Å². The number of sulfonamides is 1. The van der Waals surface area contributed by atoms with Crippen molar-refractivity contribution in [1.29, 1.82) is 0 Å². The smallest absolute Gasteiger partial charge is 0.235 e. The fourth-order valence-corrected chi connectivity index (χ4v) is 3.22. The van der Waals surface area contributed by atoms with Gasteiger partial charge in [-0.2, -0.15) is 4.31 Å². The average molecular weight is 396 g/mol. The van der Waals surface area contributed by atoms with Crippen LogP contribution in [0.3, 0.4) is 0 Å². The maximum atomic E-state index is 13.8. The lowest BCUT2D eigenvalue weighted by Gasteiger charge is -2.20. The monoisotopic (exact) mass is 396 g/mol. The molecule has 2 aromatic carbocycles. The second-order valence-electron chi connectivity index (χ2n) is 6.20. The van der Waals surface area contributed by atoms with Gasteiger partial charge in [-0.25, -0.2) is 17.2 Å². The molecule has 0 spiro atoms. The highest BCUT2D eigenvalue weighted by Gasteiger charge is 2.21. The van der Waals surface area contributed by atoms with Crippen LogP contribution in [-0.4, -0.2) is 38.0 Å². The number of aryl methyl sites for hydroxylation is 1. The molecule has 2 aromatic rings. The number of amides is 1. The third kappa shape index (κ3) is 7.07. The number of nitrogens with zero attached hydrogens (tertiary/aromatic N) is 1. The van der Waals surface area contributed by atoms with Crippen LogP contribution in [0, 0.1) is 11.6 Å². The van der Waals surface area contributed by atoms with Crippen LogP contribution < -0.4 is 5.32 Å². The van der Waals surface area contributed by atoms with Crippen LogP contribution in [0.1, 0.15) is 17.5 Å². The van der Waals surface area contributed by atoms with Gasteiger partial charge in [0.1, 0.15) is 11.6 Å². The molecule has 0 aliphatic heterocycles. The SMILES string of the molecule is CS(=O)(=O)N(CC(=O)NCCCc1ccc(F)cc1)Cc1ccccc1F. The molecule has 8 heteroatoms. The fourth-order valence-electron chi connectivity index (χ4n) is 2.49. The van der Waals surface area contributed by atoms with Crippen molar-refractivity contribution >= 4 is 15.9 Å². The lowest BCUT2D eigenvalue weighted by atomic mass is 10.1. The molecule has 0 aromatic heterocycles. The predicted molar refractivity (Wildman–Crippen MR) is 99.4 cm³/mol.